The quantitative estimate of drug-likeness (QED) is 0.788. The van der Waals surface area contributed by atoms with Crippen LogP contribution < -0.4 is 10.5 Å². The van der Waals surface area contributed by atoms with E-state index in [0.717, 1.165) is 37.5 Å². The molecule has 2 aliphatic heterocycles. The second-order valence-corrected chi connectivity index (χ2v) is 8.31. The standard InChI is InChI=1S/C19H30N4OS/c1-19(7-14-25-18(20)21-19)16-5-3-6-17(15-16)24-13-4-8-23-11-9-22(2)10-12-23/h3,5-6,15H,4,7-14H2,1-2H3,(H2,20,21). The van der Waals surface area contributed by atoms with Gasteiger partial charge in [0, 0.05) is 38.5 Å². The van der Waals surface area contributed by atoms with E-state index in [-0.39, 0.29) is 5.54 Å². The molecule has 138 valence electrons. The van der Waals surface area contributed by atoms with Gasteiger partial charge in [0.25, 0.3) is 0 Å². The Balaban J connectivity index is 1.50. The summed E-state index contributed by atoms with van der Waals surface area (Å²) in [6, 6.07) is 8.35. The van der Waals surface area contributed by atoms with Gasteiger partial charge in [-0.2, -0.15) is 0 Å². The largest absolute Gasteiger partial charge is 0.494 e. The highest BCUT2D eigenvalue weighted by Gasteiger charge is 2.29. The summed E-state index contributed by atoms with van der Waals surface area (Å²) >= 11 is 1.64. The average molecular weight is 363 g/mol. The molecule has 1 unspecified atom stereocenters. The van der Waals surface area contributed by atoms with Crippen molar-refractivity contribution in [3.05, 3.63) is 29.8 Å². The van der Waals surface area contributed by atoms with E-state index in [0.29, 0.717) is 5.17 Å². The minimum absolute atomic E-state index is 0.228. The van der Waals surface area contributed by atoms with Crippen molar-refractivity contribution in [1.29, 1.82) is 0 Å². The number of hydrogen-bond donors (Lipinski definition) is 1. The molecule has 0 bridgehead atoms. The van der Waals surface area contributed by atoms with Crippen molar-refractivity contribution in [3.63, 3.8) is 0 Å². The molecule has 0 spiro atoms. The van der Waals surface area contributed by atoms with Crippen molar-refractivity contribution in [1.82, 2.24) is 9.80 Å². The molecule has 2 heterocycles. The summed E-state index contributed by atoms with van der Waals surface area (Å²) in [6.07, 6.45) is 2.07. The van der Waals surface area contributed by atoms with E-state index in [9.17, 15) is 0 Å². The topological polar surface area (TPSA) is 54.1 Å². The Morgan fingerprint density at radius 1 is 1.28 bits per heavy atom. The number of likely N-dealkylation sites (N-methyl/N-ethyl adjacent to an activating group) is 1. The van der Waals surface area contributed by atoms with E-state index in [1.165, 1.54) is 31.7 Å². The molecule has 0 aliphatic carbocycles. The molecule has 1 aromatic rings. The van der Waals surface area contributed by atoms with Crippen molar-refractivity contribution in [2.24, 2.45) is 10.7 Å². The number of nitrogens with two attached hydrogens (primary N) is 1. The number of thioether (sulfide) groups is 1. The van der Waals surface area contributed by atoms with E-state index in [2.05, 4.69) is 47.0 Å². The molecular formula is C19H30N4OS. The maximum absolute atomic E-state index is 6.00. The lowest BCUT2D eigenvalue weighted by molar-refractivity contribution is 0.145. The SMILES string of the molecule is CN1CCN(CCCOc2cccc(C3(C)CCSC(N)=N3)c2)CC1. The smallest absolute Gasteiger partial charge is 0.154 e. The monoisotopic (exact) mass is 362 g/mol. The van der Waals surface area contributed by atoms with E-state index in [1.54, 1.807) is 11.8 Å². The first-order valence-electron chi connectivity index (χ1n) is 9.17. The minimum atomic E-state index is -0.228. The lowest BCUT2D eigenvalue weighted by Gasteiger charge is -2.32. The third kappa shape index (κ3) is 5.12. The molecule has 0 amide bonds. The fourth-order valence-electron chi connectivity index (χ4n) is 3.37. The predicted octanol–water partition coefficient (Wildman–Crippen LogP) is 2.37. The summed E-state index contributed by atoms with van der Waals surface area (Å²) in [5.41, 5.74) is 6.90. The summed E-state index contributed by atoms with van der Waals surface area (Å²) in [7, 11) is 2.19. The van der Waals surface area contributed by atoms with Crippen LogP contribution in [0.2, 0.25) is 0 Å². The summed E-state index contributed by atoms with van der Waals surface area (Å²) in [4.78, 5) is 9.59. The van der Waals surface area contributed by atoms with Gasteiger partial charge in [0.2, 0.25) is 0 Å². The number of piperazine rings is 1. The average Bonchev–Trinajstić information content (AvgIpc) is 2.60. The number of ether oxygens (including phenoxy) is 1. The zero-order chi connectivity index (χ0) is 17.7. The van der Waals surface area contributed by atoms with Crippen LogP contribution in [0, 0.1) is 0 Å². The summed E-state index contributed by atoms with van der Waals surface area (Å²) in [5, 5.41) is 0.687. The molecule has 3 rings (SSSR count). The third-order valence-electron chi connectivity index (χ3n) is 5.14. The van der Waals surface area contributed by atoms with E-state index >= 15 is 0 Å². The van der Waals surface area contributed by atoms with Gasteiger partial charge in [-0.25, -0.2) is 0 Å². The van der Waals surface area contributed by atoms with Gasteiger partial charge < -0.3 is 20.3 Å². The predicted molar refractivity (Wildman–Crippen MR) is 107 cm³/mol. The number of hydrogen-bond acceptors (Lipinski definition) is 6. The molecular weight excluding hydrogens is 332 g/mol. The summed E-state index contributed by atoms with van der Waals surface area (Å²) in [5.74, 6) is 1.95. The molecule has 1 aromatic carbocycles. The zero-order valence-corrected chi connectivity index (χ0v) is 16.2. The first-order chi connectivity index (χ1) is 12.0. The lowest BCUT2D eigenvalue weighted by Crippen LogP contribution is -2.44. The van der Waals surface area contributed by atoms with E-state index in [1.807, 2.05) is 6.07 Å². The first kappa shape index (κ1) is 18.5. The van der Waals surface area contributed by atoms with Crippen LogP contribution in [-0.4, -0.2) is 67.1 Å². The van der Waals surface area contributed by atoms with Gasteiger partial charge in [0.1, 0.15) is 5.75 Å². The van der Waals surface area contributed by atoms with E-state index < -0.39 is 0 Å². The van der Waals surface area contributed by atoms with Gasteiger partial charge >= 0.3 is 0 Å². The molecule has 25 heavy (non-hydrogen) atoms. The van der Waals surface area contributed by atoms with Gasteiger partial charge in [-0.15, -0.1) is 0 Å². The number of benzene rings is 1. The molecule has 0 saturated carbocycles. The number of aliphatic imine (C=N–C) groups is 1. The van der Waals surface area contributed by atoms with E-state index in [4.69, 9.17) is 10.5 Å². The molecule has 6 heteroatoms. The van der Waals surface area contributed by atoms with Crippen LogP contribution in [0.5, 0.6) is 5.75 Å². The van der Waals surface area contributed by atoms with Crippen molar-refractivity contribution in [2.45, 2.75) is 25.3 Å². The maximum atomic E-state index is 6.00. The fraction of sp³-hybridized carbons (Fsp3) is 0.632. The van der Waals surface area contributed by atoms with Gasteiger partial charge in [-0.3, -0.25) is 4.99 Å². The van der Waals surface area contributed by atoms with Crippen LogP contribution in [0.25, 0.3) is 0 Å². The molecule has 1 saturated heterocycles. The third-order valence-corrected chi connectivity index (χ3v) is 5.93. The Labute approximate surface area is 155 Å². The molecule has 2 aliphatic rings. The second kappa shape index (κ2) is 8.43. The molecule has 5 nitrogen and oxygen atoms in total. The molecule has 0 aromatic heterocycles. The normalized spacial score (nSPS) is 25.6. The highest BCUT2D eigenvalue weighted by atomic mass is 32.2. The van der Waals surface area contributed by atoms with Crippen molar-refractivity contribution in [3.8, 4) is 5.75 Å². The summed E-state index contributed by atoms with van der Waals surface area (Å²) in [6.45, 7) is 8.71. The van der Waals surface area contributed by atoms with Crippen LogP contribution in [0.1, 0.15) is 25.3 Å². The maximum Gasteiger partial charge on any atom is 0.154 e. The van der Waals surface area contributed by atoms with Crippen molar-refractivity contribution < 1.29 is 4.74 Å². The zero-order valence-electron chi connectivity index (χ0n) is 15.4. The van der Waals surface area contributed by atoms with Crippen molar-refractivity contribution in [2.75, 3.05) is 52.1 Å². The van der Waals surface area contributed by atoms with Crippen molar-refractivity contribution >= 4 is 16.9 Å². The minimum Gasteiger partial charge on any atom is -0.494 e. The summed E-state index contributed by atoms with van der Waals surface area (Å²) < 4.78 is 6.00. The number of rotatable bonds is 6. The van der Waals surface area contributed by atoms with Gasteiger partial charge in [0.05, 0.1) is 12.1 Å². The van der Waals surface area contributed by atoms with Crippen LogP contribution >= 0.6 is 11.8 Å². The Morgan fingerprint density at radius 3 is 2.84 bits per heavy atom. The molecule has 1 atom stereocenters. The molecule has 0 radical (unpaired) electrons. The van der Waals surface area contributed by atoms with Gasteiger partial charge in [-0.05, 0) is 44.5 Å². The Kier molecular flexibility index (Phi) is 6.25. The Bertz CT molecular complexity index is 601. The van der Waals surface area contributed by atoms with Crippen LogP contribution in [0.3, 0.4) is 0 Å². The highest BCUT2D eigenvalue weighted by molar-refractivity contribution is 8.13. The fourth-order valence-corrected chi connectivity index (χ4v) is 4.34. The van der Waals surface area contributed by atoms with Crippen LogP contribution in [0.15, 0.2) is 29.3 Å². The molecule has 2 N–H and O–H groups in total. The number of amidine groups is 1. The van der Waals surface area contributed by atoms with Gasteiger partial charge in [-0.1, -0.05) is 23.9 Å². The number of nitrogens with zero attached hydrogens (tertiary/aromatic N) is 3. The molecule has 1 fully saturated rings. The van der Waals surface area contributed by atoms with Gasteiger partial charge in [0.15, 0.2) is 5.17 Å². The Hall–Kier alpha value is -1.24. The second-order valence-electron chi connectivity index (χ2n) is 7.20. The lowest BCUT2D eigenvalue weighted by atomic mass is 9.90. The Morgan fingerprint density at radius 2 is 2.08 bits per heavy atom. The first-order valence-corrected chi connectivity index (χ1v) is 10.2. The van der Waals surface area contributed by atoms with Crippen LogP contribution in [0.4, 0.5) is 0 Å². The highest BCUT2D eigenvalue weighted by Crippen LogP contribution is 2.36. The van der Waals surface area contributed by atoms with Crippen LogP contribution in [-0.2, 0) is 5.54 Å².